The number of nitrogens with one attached hydrogen (secondary N) is 3. The van der Waals surface area contributed by atoms with E-state index >= 15 is 0 Å². The highest BCUT2D eigenvalue weighted by Crippen LogP contribution is 2.34. The Labute approximate surface area is 273 Å². The van der Waals surface area contributed by atoms with Gasteiger partial charge in [-0.15, -0.1) is 11.3 Å². The maximum atomic E-state index is 13.4. The SMILES string of the molecule is O=C1CCC(N2C(=O)c3cccc(NCc4ccc(CC(=O)NC(c5cccnc5)c5cc6ccccc6s5)cc4)c3C2=O)C(=O)N1. The number of hydrogen-bond donors (Lipinski definition) is 3. The number of benzene rings is 3. The molecule has 3 N–H and O–H groups in total. The summed E-state index contributed by atoms with van der Waals surface area (Å²) < 4.78 is 1.15. The number of piperidine rings is 1. The molecule has 2 aliphatic heterocycles. The summed E-state index contributed by atoms with van der Waals surface area (Å²) in [6, 6.07) is 25.3. The van der Waals surface area contributed by atoms with Gasteiger partial charge in [0.1, 0.15) is 6.04 Å². The summed E-state index contributed by atoms with van der Waals surface area (Å²) in [5.74, 6) is -2.30. The van der Waals surface area contributed by atoms with Crippen molar-refractivity contribution in [1.29, 1.82) is 0 Å². The highest BCUT2D eigenvalue weighted by molar-refractivity contribution is 7.19. The lowest BCUT2D eigenvalue weighted by molar-refractivity contribution is -0.136. The summed E-state index contributed by atoms with van der Waals surface area (Å²) in [4.78, 5) is 70.0. The second-order valence-corrected chi connectivity index (χ2v) is 12.6. The minimum absolute atomic E-state index is 0.0591. The van der Waals surface area contributed by atoms with Crippen LogP contribution in [-0.4, -0.2) is 45.5 Å². The van der Waals surface area contributed by atoms with Gasteiger partial charge in [-0.1, -0.05) is 54.6 Å². The topological polar surface area (TPSA) is 138 Å². The van der Waals surface area contributed by atoms with Gasteiger partial charge in [0.2, 0.25) is 17.7 Å². The molecular weight excluding hydrogens is 614 g/mol. The number of carbonyl (C=O) groups is 5. The summed E-state index contributed by atoms with van der Waals surface area (Å²) in [6.45, 7) is 0.359. The van der Waals surface area contributed by atoms with E-state index in [0.717, 1.165) is 36.6 Å². The molecule has 0 saturated carbocycles. The third-order valence-corrected chi connectivity index (χ3v) is 9.57. The van der Waals surface area contributed by atoms with Crippen LogP contribution in [-0.2, 0) is 27.3 Å². The summed E-state index contributed by atoms with van der Waals surface area (Å²) in [6.07, 6.45) is 3.83. The molecule has 2 atom stereocenters. The molecule has 3 aromatic carbocycles. The van der Waals surface area contributed by atoms with Gasteiger partial charge in [-0.05, 0) is 58.8 Å². The molecule has 234 valence electrons. The molecule has 5 aromatic rings. The first-order valence-corrected chi connectivity index (χ1v) is 16.0. The van der Waals surface area contributed by atoms with Crippen molar-refractivity contribution in [2.45, 2.75) is 37.9 Å². The van der Waals surface area contributed by atoms with Gasteiger partial charge in [0.05, 0.1) is 23.6 Å². The first-order valence-electron chi connectivity index (χ1n) is 15.2. The number of nitrogens with zero attached hydrogens (tertiary/aromatic N) is 2. The van der Waals surface area contributed by atoms with E-state index in [1.54, 1.807) is 41.9 Å². The number of thiophene rings is 1. The van der Waals surface area contributed by atoms with Gasteiger partial charge in [-0.3, -0.25) is 39.2 Å². The molecule has 0 bridgehead atoms. The van der Waals surface area contributed by atoms with Crippen LogP contribution in [0.4, 0.5) is 5.69 Å². The molecule has 7 rings (SSSR count). The average molecular weight is 644 g/mol. The van der Waals surface area contributed by atoms with Crippen molar-refractivity contribution in [3.63, 3.8) is 0 Å². The van der Waals surface area contributed by atoms with E-state index in [0.29, 0.717) is 12.2 Å². The molecule has 0 radical (unpaired) electrons. The monoisotopic (exact) mass is 643 g/mol. The van der Waals surface area contributed by atoms with Crippen molar-refractivity contribution >= 4 is 56.6 Å². The third kappa shape index (κ3) is 6.00. The van der Waals surface area contributed by atoms with E-state index in [9.17, 15) is 24.0 Å². The van der Waals surface area contributed by atoms with Gasteiger partial charge in [-0.25, -0.2) is 0 Å². The molecule has 11 heteroatoms. The van der Waals surface area contributed by atoms with Crippen LogP contribution in [0.3, 0.4) is 0 Å². The van der Waals surface area contributed by atoms with E-state index in [1.807, 2.05) is 48.5 Å². The van der Waals surface area contributed by atoms with Crippen LogP contribution in [0.1, 0.15) is 61.2 Å². The minimum Gasteiger partial charge on any atom is -0.380 e. The lowest BCUT2D eigenvalue weighted by Gasteiger charge is -2.27. The highest BCUT2D eigenvalue weighted by atomic mass is 32.1. The molecule has 0 spiro atoms. The number of hydrogen-bond acceptors (Lipinski definition) is 8. The second kappa shape index (κ2) is 12.6. The first kappa shape index (κ1) is 30.0. The predicted molar refractivity (Wildman–Crippen MR) is 177 cm³/mol. The molecule has 1 fully saturated rings. The number of pyridine rings is 1. The number of anilines is 1. The lowest BCUT2D eigenvalue weighted by Crippen LogP contribution is -2.54. The summed E-state index contributed by atoms with van der Waals surface area (Å²) >= 11 is 1.65. The van der Waals surface area contributed by atoms with Gasteiger partial charge < -0.3 is 10.6 Å². The number of imide groups is 2. The maximum Gasteiger partial charge on any atom is 0.264 e. The maximum absolute atomic E-state index is 13.4. The number of rotatable bonds is 9. The van der Waals surface area contributed by atoms with Crippen LogP contribution in [0.25, 0.3) is 10.1 Å². The largest absolute Gasteiger partial charge is 0.380 e. The van der Waals surface area contributed by atoms with Gasteiger partial charge in [-0.2, -0.15) is 0 Å². The van der Waals surface area contributed by atoms with Crippen molar-refractivity contribution in [2.24, 2.45) is 0 Å². The van der Waals surface area contributed by atoms with Gasteiger partial charge in [0.25, 0.3) is 11.8 Å². The molecule has 0 aliphatic carbocycles. The van der Waals surface area contributed by atoms with Gasteiger partial charge in [0.15, 0.2) is 0 Å². The Hall–Kier alpha value is -5.68. The summed E-state index contributed by atoms with van der Waals surface area (Å²) in [5.41, 5.74) is 3.55. The number of carbonyl (C=O) groups excluding carboxylic acids is 5. The first-order chi connectivity index (χ1) is 22.9. The Morgan fingerprint density at radius 3 is 2.51 bits per heavy atom. The van der Waals surface area contributed by atoms with Crippen LogP contribution >= 0.6 is 11.3 Å². The molecule has 2 aromatic heterocycles. The second-order valence-electron chi connectivity index (χ2n) is 11.5. The fraction of sp³-hybridized carbons (Fsp3) is 0.167. The molecule has 5 amide bonds. The fourth-order valence-corrected chi connectivity index (χ4v) is 7.19. The molecule has 47 heavy (non-hydrogen) atoms. The van der Waals surface area contributed by atoms with Crippen LogP contribution in [0.15, 0.2) is 97.3 Å². The Morgan fingerprint density at radius 2 is 1.74 bits per heavy atom. The van der Waals surface area contributed by atoms with Crippen molar-refractivity contribution in [3.8, 4) is 0 Å². The molecule has 2 aliphatic rings. The molecular formula is C36H29N5O5S. The van der Waals surface area contributed by atoms with E-state index in [2.05, 4.69) is 39.1 Å². The zero-order chi connectivity index (χ0) is 32.5. The van der Waals surface area contributed by atoms with Crippen LogP contribution in [0, 0.1) is 0 Å². The van der Waals surface area contributed by atoms with Crippen LogP contribution in [0.2, 0.25) is 0 Å². The number of amides is 5. The quantitative estimate of drug-likeness (QED) is 0.197. The molecule has 4 heterocycles. The Bertz CT molecular complexity index is 2010. The van der Waals surface area contributed by atoms with Crippen molar-refractivity contribution in [2.75, 3.05) is 5.32 Å². The smallest absolute Gasteiger partial charge is 0.264 e. The third-order valence-electron chi connectivity index (χ3n) is 8.39. The zero-order valence-corrected chi connectivity index (χ0v) is 25.9. The molecule has 1 saturated heterocycles. The highest BCUT2D eigenvalue weighted by Gasteiger charge is 2.45. The Balaban J connectivity index is 1.01. The summed E-state index contributed by atoms with van der Waals surface area (Å²) in [7, 11) is 0. The minimum atomic E-state index is -1.03. The normalized spacial score (nSPS) is 16.6. The Morgan fingerprint density at radius 1 is 0.936 bits per heavy atom. The number of fused-ring (bicyclic) bond motifs is 2. The van der Waals surface area contributed by atoms with Gasteiger partial charge >= 0.3 is 0 Å². The van der Waals surface area contributed by atoms with Crippen LogP contribution in [0.5, 0.6) is 0 Å². The van der Waals surface area contributed by atoms with Crippen molar-refractivity contribution in [3.05, 3.63) is 130 Å². The summed E-state index contributed by atoms with van der Waals surface area (Å²) in [5, 5.41) is 9.79. The van der Waals surface area contributed by atoms with Gasteiger partial charge in [0, 0.05) is 40.6 Å². The van der Waals surface area contributed by atoms with E-state index in [-0.39, 0.29) is 42.3 Å². The Kier molecular flexibility index (Phi) is 8.05. The van der Waals surface area contributed by atoms with Crippen LogP contribution < -0.4 is 16.0 Å². The fourth-order valence-electron chi connectivity index (χ4n) is 6.04. The lowest BCUT2D eigenvalue weighted by atomic mass is 10.0. The van der Waals surface area contributed by atoms with E-state index in [4.69, 9.17) is 0 Å². The standard InChI is InChI=1S/C36H29N5O5S/c42-30-15-14-27(34(44)40-30)41-35(45)25-7-3-8-26(32(25)36(41)46)38-19-22-12-10-21(11-13-22)17-31(43)39-33(24-6-4-16-37-20-24)29-18-23-5-1-2-9-28(23)47-29/h1-13,16,18,20,27,33,38H,14-15,17,19H2,(H,39,43)(H,40,42,44). The molecule has 10 nitrogen and oxygen atoms in total. The predicted octanol–water partition coefficient (Wildman–Crippen LogP) is 4.76. The van der Waals surface area contributed by atoms with E-state index in [1.165, 1.54) is 0 Å². The van der Waals surface area contributed by atoms with Crippen molar-refractivity contribution in [1.82, 2.24) is 20.5 Å². The van der Waals surface area contributed by atoms with Crippen molar-refractivity contribution < 1.29 is 24.0 Å². The van der Waals surface area contributed by atoms with E-state index < -0.39 is 29.7 Å². The molecule has 2 unspecified atom stereocenters. The number of aromatic nitrogens is 1. The zero-order valence-electron chi connectivity index (χ0n) is 25.1. The average Bonchev–Trinajstić information content (AvgIpc) is 3.62.